The van der Waals surface area contributed by atoms with E-state index in [1.54, 1.807) is 0 Å². The topological polar surface area (TPSA) is 32.5 Å². The molecule has 3 nitrogen and oxygen atoms in total. The van der Waals surface area contributed by atoms with E-state index in [0.717, 1.165) is 25.4 Å². The van der Waals surface area contributed by atoms with Crippen LogP contribution in [0.3, 0.4) is 0 Å². The van der Waals surface area contributed by atoms with Crippen molar-refractivity contribution in [2.24, 2.45) is 11.7 Å². The summed E-state index contributed by atoms with van der Waals surface area (Å²) in [6.45, 7) is 8.09. The summed E-state index contributed by atoms with van der Waals surface area (Å²) < 4.78 is 0. The lowest BCUT2D eigenvalue weighted by atomic mass is 10.0. The van der Waals surface area contributed by atoms with Gasteiger partial charge in [-0.05, 0) is 42.9 Å². The molecule has 2 N–H and O–H groups in total. The fraction of sp³-hybridized carbons (Fsp3) is 0.647. The third kappa shape index (κ3) is 3.81. The molecule has 0 aromatic heterocycles. The van der Waals surface area contributed by atoms with Crippen molar-refractivity contribution < 1.29 is 0 Å². The molecule has 2 fully saturated rings. The largest absolute Gasteiger partial charge is 0.330 e. The first-order valence-electron chi connectivity index (χ1n) is 8.06. The molecule has 1 saturated carbocycles. The second kappa shape index (κ2) is 6.70. The Morgan fingerprint density at radius 1 is 0.950 bits per heavy atom. The molecule has 1 aliphatic heterocycles. The maximum Gasteiger partial charge on any atom is 0.0237 e. The Hall–Kier alpha value is -0.900. The Labute approximate surface area is 122 Å². The second-order valence-corrected chi connectivity index (χ2v) is 6.33. The lowest BCUT2D eigenvalue weighted by Gasteiger charge is -2.35. The highest BCUT2D eigenvalue weighted by atomic mass is 15.3. The van der Waals surface area contributed by atoms with E-state index in [2.05, 4.69) is 34.1 Å². The summed E-state index contributed by atoms with van der Waals surface area (Å²) in [5, 5.41) is 0. The van der Waals surface area contributed by atoms with E-state index in [9.17, 15) is 0 Å². The normalized spacial score (nSPS) is 21.2. The summed E-state index contributed by atoms with van der Waals surface area (Å²) in [6, 6.07) is 8.77. The Morgan fingerprint density at radius 3 is 2.25 bits per heavy atom. The third-order valence-electron chi connectivity index (χ3n) is 4.60. The molecule has 1 aliphatic carbocycles. The first kappa shape index (κ1) is 14.1. The van der Waals surface area contributed by atoms with Crippen molar-refractivity contribution in [2.45, 2.75) is 25.8 Å². The number of hydrogen-bond donors (Lipinski definition) is 1. The van der Waals surface area contributed by atoms with Crippen LogP contribution in [0, 0.1) is 5.92 Å². The van der Waals surface area contributed by atoms with Crippen LogP contribution in [-0.2, 0) is 13.0 Å². The molecule has 0 spiro atoms. The average molecular weight is 273 g/mol. The van der Waals surface area contributed by atoms with Gasteiger partial charge in [0, 0.05) is 39.3 Å². The minimum atomic E-state index is 0.742. The van der Waals surface area contributed by atoms with E-state index in [-0.39, 0.29) is 0 Å². The van der Waals surface area contributed by atoms with Crippen molar-refractivity contribution in [3.05, 3.63) is 35.4 Å². The van der Waals surface area contributed by atoms with Gasteiger partial charge in [-0.3, -0.25) is 4.90 Å². The zero-order valence-electron chi connectivity index (χ0n) is 12.4. The van der Waals surface area contributed by atoms with Gasteiger partial charge >= 0.3 is 0 Å². The Bertz CT molecular complexity index is 420. The van der Waals surface area contributed by atoms with Crippen LogP contribution in [0.4, 0.5) is 0 Å². The molecule has 1 saturated heterocycles. The minimum absolute atomic E-state index is 0.742. The minimum Gasteiger partial charge on any atom is -0.330 e. The molecule has 2 aliphatic rings. The van der Waals surface area contributed by atoms with Crippen molar-refractivity contribution >= 4 is 0 Å². The van der Waals surface area contributed by atoms with Crippen LogP contribution >= 0.6 is 0 Å². The van der Waals surface area contributed by atoms with Crippen molar-refractivity contribution in [3.8, 4) is 0 Å². The Balaban J connectivity index is 1.51. The predicted molar refractivity (Wildman–Crippen MR) is 83.6 cm³/mol. The number of hydrogen-bond acceptors (Lipinski definition) is 3. The molecule has 0 amide bonds. The number of nitrogens with two attached hydrogens (primary N) is 1. The summed E-state index contributed by atoms with van der Waals surface area (Å²) in [4.78, 5) is 5.25. The van der Waals surface area contributed by atoms with Gasteiger partial charge in [0.2, 0.25) is 0 Å². The summed E-state index contributed by atoms with van der Waals surface area (Å²) in [7, 11) is 0. The number of rotatable bonds is 6. The van der Waals surface area contributed by atoms with Gasteiger partial charge in [0.1, 0.15) is 0 Å². The number of nitrogens with zero attached hydrogens (tertiary/aromatic N) is 2. The van der Waals surface area contributed by atoms with E-state index in [4.69, 9.17) is 5.73 Å². The molecule has 1 heterocycles. The van der Waals surface area contributed by atoms with E-state index < -0.39 is 0 Å². The van der Waals surface area contributed by atoms with E-state index >= 15 is 0 Å². The monoisotopic (exact) mass is 273 g/mol. The highest BCUT2D eigenvalue weighted by molar-refractivity contribution is 5.27. The Morgan fingerprint density at radius 2 is 1.60 bits per heavy atom. The molecular formula is C17H27N3. The molecule has 20 heavy (non-hydrogen) atoms. The molecular weight excluding hydrogens is 246 g/mol. The number of piperazine rings is 1. The van der Waals surface area contributed by atoms with Crippen LogP contribution in [0.25, 0.3) is 0 Å². The molecule has 0 radical (unpaired) electrons. The van der Waals surface area contributed by atoms with Gasteiger partial charge in [0.25, 0.3) is 0 Å². The molecule has 1 aromatic carbocycles. The smallest absolute Gasteiger partial charge is 0.0237 e. The molecule has 0 unspecified atom stereocenters. The zero-order valence-corrected chi connectivity index (χ0v) is 12.4. The van der Waals surface area contributed by atoms with Gasteiger partial charge in [-0.2, -0.15) is 0 Å². The summed E-state index contributed by atoms with van der Waals surface area (Å²) in [5.41, 5.74) is 8.61. The number of benzene rings is 1. The second-order valence-electron chi connectivity index (χ2n) is 6.33. The standard InChI is InChI=1S/C17H27N3/c18-8-7-16-3-1-2-4-17(16)14-20-11-9-19(10-12-20)13-15-5-6-15/h1-4,15H,5-14,18H2. The third-order valence-corrected chi connectivity index (χ3v) is 4.60. The van der Waals surface area contributed by atoms with E-state index in [1.807, 2.05) is 0 Å². The van der Waals surface area contributed by atoms with E-state index in [1.165, 1.54) is 56.7 Å². The molecule has 1 aromatic rings. The van der Waals surface area contributed by atoms with Crippen LogP contribution in [0.15, 0.2) is 24.3 Å². The quantitative estimate of drug-likeness (QED) is 0.856. The maximum absolute atomic E-state index is 5.71. The zero-order chi connectivity index (χ0) is 13.8. The SMILES string of the molecule is NCCc1ccccc1CN1CCN(CC2CC2)CC1. The first-order valence-corrected chi connectivity index (χ1v) is 8.06. The molecule has 0 bridgehead atoms. The van der Waals surface area contributed by atoms with Gasteiger partial charge in [-0.1, -0.05) is 24.3 Å². The van der Waals surface area contributed by atoms with Crippen molar-refractivity contribution in [3.63, 3.8) is 0 Å². The fourth-order valence-corrected chi connectivity index (χ4v) is 3.15. The van der Waals surface area contributed by atoms with Gasteiger partial charge < -0.3 is 10.6 Å². The van der Waals surface area contributed by atoms with Crippen molar-refractivity contribution in [2.75, 3.05) is 39.3 Å². The molecule has 3 heteroatoms. The summed E-state index contributed by atoms with van der Waals surface area (Å²) in [5.74, 6) is 1.02. The lowest BCUT2D eigenvalue weighted by molar-refractivity contribution is 0.123. The fourth-order valence-electron chi connectivity index (χ4n) is 3.15. The summed E-state index contributed by atoms with van der Waals surface area (Å²) in [6.07, 6.45) is 3.93. The van der Waals surface area contributed by atoms with Crippen LogP contribution < -0.4 is 5.73 Å². The first-order chi connectivity index (χ1) is 9.85. The highest BCUT2D eigenvalue weighted by Gasteiger charge is 2.26. The molecule has 3 rings (SSSR count). The van der Waals surface area contributed by atoms with Gasteiger partial charge in [-0.15, -0.1) is 0 Å². The van der Waals surface area contributed by atoms with Crippen LogP contribution in [0.2, 0.25) is 0 Å². The summed E-state index contributed by atoms with van der Waals surface area (Å²) >= 11 is 0. The van der Waals surface area contributed by atoms with Gasteiger partial charge in [0.05, 0.1) is 0 Å². The maximum atomic E-state index is 5.71. The van der Waals surface area contributed by atoms with Crippen LogP contribution in [0.5, 0.6) is 0 Å². The highest BCUT2D eigenvalue weighted by Crippen LogP contribution is 2.30. The molecule has 110 valence electrons. The average Bonchev–Trinajstić information content (AvgIpc) is 3.27. The predicted octanol–water partition coefficient (Wildman–Crippen LogP) is 1.72. The van der Waals surface area contributed by atoms with E-state index in [0.29, 0.717) is 0 Å². The molecule has 0 atom stereocenters. The van der Waals surface area contributed by atoms with Crippen LogP contribution in [-0.4, -0.2) is 49.1 Å². The van der Waals surface area contributed by atoms with Crippen LogP contribution in [0.1, 0.15) is 24.0 Å². The van der Waals surface area contributed by atoms with Crippen molar-refractivity contribution in [1.82, 2.24) is 9.80 Å². The Kier molecular flexibility index (Phi) is 4.71. The van der Waals surface area contributed by atoms with Crippen molar-refractivity contribution in [1.29, 1.82) is 0 Å². The lowest BCUT2D eigenvalue weighted by Crippen LogP contribution is -2.46. The van der Waals surface area contributed by atoms with Gasteiger partial charge in [0.15, 0.2) is 0 Å². The van der Waals surface area contributed by atoms with Gasteiger partial charge in [-0.25, -0.2) is 0 Å².